The second-order valence-electron chi connectivity index (χ2n) is 5.03. The van der Waals surface area contributed by atoms with Crippen LogP contribution in [0.1, 0.15) is 29.7 Å². The van der Waals surface area contributed by atoms with Crippen molar-refractivity contribution >= 4 is 34.2 Å². The van der Waals surface area contributed by atoms with E-state index in [1.165, 1.54) is 20.8 Å². The molecule has 1 unspecified atom stereocenters. The summed E-state index contributed by atoms with van der Waals surface area (Å²) in [6, 6.07) is 11.2. The molecule has 21 heavy (non-hydrogen) atoms. The molecular weight excluding hydrogens is 400 g/mol. The molecule has 0 radical (unpaired) electrons. The highest BCUT2D eigenvalue weighted by Crippen LogP contribution is 2.27. The van der Waals surface area contributed by atoms with Gasteiger partial charge < -0.3 is 5.32 Å². The second kappa shape index (κ2) is 7.56. The van der Waals surface area contributed by atoms with Crippen molar-refractivity contribution in [3.05, 3.63) is 67.5 Å². The van der Waals surface area contributed by atoms with Crippen molar-refractivity contribution in [2.75, 3.05) is 6.54 Å². The van der Waals surface area contributed by atoms with Crippen LogP contribution in [0.2, 0.25) is 5.02 Å². The van der Waals surface area contributed by atoms with Crippen molar-refractivity contribution in [1.82, 2.24) is 5.32 Å². The molecule has 2 aromatic carbocycles. The Bertz CT molecular complexity index is 630. The van der Waals surface area contributed by atoms with Crippen LogP contribution in [-0.4, -0.2) is 6.54 Å². The summed E-state index contributed by atoms with van der Waals surface area (Å²) in [7, 11) is 0. The predicted molar refractivity (Wildman–Crippen MR) is 95.4 cm³/mol. The number of hydrogen-bond donors (Lipinski definition) is 1. The fourth-order valence-corrected chi connectivity index (χ4v) is 3.28. The molecule has 0 aliphatic heterocycles. The van der Waals surface area contributed by atoms with E-state index >= 15 is 0 Å². The molecule has 0 aliphatic carbocycles. The first kappa shape index (κ1) is 16.7. The molecule has 0 aromatic heterocycles. The van der Waals surface area contributed by atoms with Crippen molar-refractivity contribution in [3.63, 3.8) is 0 Å². The van der Waals surface area contributed by atoms with E-state index in [0.717, 1.165) is 6.54 Å². The van der Waals surface area contributed by atoms with E-state index in [2.05, 4.69) is 60.0 Å². The first-order valence-electron chi connectivity index (χ1n) is 6.95. The molecule has 2 rings (SSSR count). The second-order valence-corrected chi connectivity index (χ2v) is 6.54. The molecule has 0 spiro atoms. The highest BCUT2D eigenvalue weighted by atomic mass is 127. The SMILES string of the molecule is CCNC(Cc1ccc(Cl)cc1F)c1cccc(C)c1I. The van der Waals surface area contributed by atoms with Gasteiger partial charge in [0.15, 0.2) is 0 Å². The quantitative estimate of drug-likeness (QED) is 0.652. The maximum atomic E-state index is 14.0. The van der Waals surface area contributed by atoms with Crippen LogP contribution in [0.3, 0.4) is 0 Å². The summed E-state index contributed by atoms with van der Waals surface area (Å²) in [5.74, 6) is -0.243. The first-order valence-corrected chi connectivity index (χ1v) is 8.41. The maximum Gasteiger partial charge on any atom is 0.127 e. The van der Waals surface area contributed by atoms with E-state index < -0.39 is 0 Å². The van der Waals surface area contributed by atoms with Crippen LogP contribution in [0.5, 0.6) is 0 Å². The standard InChI is InChI=1S/C17H18ClFIN/c1-3-21-16(14-6-4-5-11(2)17(14)20)9-12-7-8-13(18)10-15(12)19/h4-8,10,16,21H,3,9H2,1-2H3. The Kier molecular flexibility index (Phi) is 6.02. The van der Waals surface area contributed by atoms with Gasteiger partial charge in [0.25, 0.3) is 0 Å². The minimum Gasteiger partial charge on any atom is -0.310 e. The van der Waals surface area contributed by atoms with Crippen LogP contribution in [0, 0.1) is 16.3 Å². The van der Waals surface area contributed by atoms with Gasteiger partial charge in [0.2, 0.25) is 0 Å². The number of benzene rings is 2. The van der Waals surface area contributed by atoms with Gasteiger partial charge in [-0.2, -0.15) is 0 Å². The Hall–Kier alpha value is -0.650. The monoisotopic (exact) mass is 417 g/mol. The zero-order valence-corrected chi connectivity index (χ0v) is 15.0. The van der Waals surface area contributed by atoms with Crippen LogP contribution >= 0.6 is 34.2 Å². The van der Waals surface area contributed by atoms with Gasteiger partial charge in [-0.3, -0.25) is 0 Å². The topological polar surface area (TPSA) is 12.0 Å². The van der Waals surface area contributed by atoms with Gasteiger partial charge in [-0.25, -0.2) is 4.39 Å². The van der Waals surface area contributed by atoms with E-state index in [1.54, 1.807) is 12.1 Å². The van der Waals surface area contributed by atoms with Crippen LogP contribution in [0.4, 0.5) is 4.39 Å². The van der Waals surface area contributed by atoms with Crippen LogP contribution in [-0.2, 0) is 6.42 Å². The lowest BCUT2D eigenvalue weighted by Gasteiger charge is -2.21. The van der Waals surface area contributed by atoms with Gasteiger partial charge >= 0.3 is 0 Å². The largest absolute Gasteiger partial charge is 0.310 e. The van der Waals surface area contributed by atoms with Crippen LogP contribution in [0.25, 0.3) is 0 Å². The number of rotatable bonds is 5. The van der Waals surface area contributed by atoms with E-state index in [0.29, 0.717) is 17.0 Å². The lowest BCUT2D eigenvalue weighted by Crippen LogP contribution is -2.24. The molecule has 0 fully saturated rings. The highest BCUT2D eigenvalue weighted by molar-refractivity contribution is 14.1. The molecule has 1 atom stereocenters. The summed E-state index contributed by atoms with van der Waals surface area (Å²) >= 11 is 8.18. The number of hydrogen-bond acceptors (Lipinski definition) is 1. The summed E-state index contributed by atoms with van der Waals surface area (Å²) < 4.78 is 15.3. The summed E-state index contributed by atoms with van der Waals surface area (Å²) in [6.45, 7) is 4.99. The molecule has 0 bridgehead atoms. The van der Waals surface area contributed by atoms with Crippen molar-refractivity contribution in [2.24, 2.45) is 0 Å². The average molecular weight is 418 g/mol. The number of halogens is 3. The minimum atomic E-state index is -0.243. The summed E-state index contributed by atoms with van der Waals surface area (Å²) in [4.78, 5) is 0. The van der Waals surface area contributed by atoms with E-state index in [4.69, 9.17) is 11.6 Å². The Morgan fingerprint density at radius 2 is 2.05 bits per heavy atom. The minimum absolute atomic E-state index is 0.0949. The molecule has 112 valence electrons. The molecule has 0 aliphatic rings. The Morgan fingerprint density at radius 1 is 1.29 bits per heavy atom. The maximum absolute atomic E-state index is 14.0. The van der Waals surface area contributed by atoms with Crippen LogP contribution in [0.15, 0.2) is 36.4 Å². The van der Waals surface area contributed by atoms with Gasteiger partial charge in [-0.1, -0.05) is 42.8 Å². The summed E-state index contributed by atoms with van der Waals surface area (Å²) in [5.41, 5.74) is 3.14. The van der Waals surface area contributed by atoms with Crippen molar-refractivity contribution in [1.29, 1.82) is 0 Å². The number of aryl methyl sites for hydroxylation is 1. The normalized spacial score (nSPS) is 12.4. The van der Waals surface area contributed by atoms with E-state index in [9.17, 15) is 4.39 Å². The lowest BCUT2D eigenvalue weighted by atomic mass is 9.97. The van der Waals surface area contributed by atoms with Crippen molar-refractivity contribution < 1.29 is 4.39 Å². The van der Waals surface area contributed by atoms with Gasteiger partial charge in [-0.15, -0.1) is 0 Å². The van der Waals surface area contributed by atoms with Crippen molar-refractivity contribution in [3.8, 4) is 0 Å². The molecule has 0 saturated heterocycles. The predicted octanol–water partition coefficient (Wildman–Crippen LogP) is 5.29. The van der Waals surface area contributed by atoms with Crippen LogP contribution < -0.4 is 5.32 Å². The first-order chi connectivity index (χ1) is 10.0. The fourth-order valence-electron chi connectivity index (χ4n) is 2.38. The van der Waals surface area contributed by atoms with Gasteiger partial charge in [-0.05, 0) is 71.3 Å². The molecule has 2 aromatic rings. The third kappa shape index (κ3) is 4.18. The van der Waals surface area contributed by atoms with Crippen molar-refractivity contribution in [2.45, 2.75) is 26.3 Å². The number of nitrogens with one attached hydrogen (secondary N) is 1. The summed E-state index contributed by atoms with van der Waals surface area (Å²) in [6.07, 6.45) is 0.607. The molecule has 0 amide bonds. The molecule has 1 N–H and O–H groups in total. The molecular formula is C17H18ClFIN. The average Bonchev–Trinajstić information content (AvgIpc) is 2.44. The third-order valence-electron chi connectivity index (χ3n) is 3.49. The Labute approximate surface area is 144 Å². The zero-order chi connectivity index (χ0) is 15.4. The van der Waals surface area contributed by atoms with E-state index in [1.807, 2.05) is 0 Å². The highest BCUT2D eigenvalue weighted by Gasteiger charge is 2.17. The Morgan fingerprint density at radius 3 is 2.71 bits per heavy atom. The van der Waals surface area contributed by atoms with Gasteiger partial charge in [0, 0.05) is 14.6 Å². The zero-order valence-electron chi connectivity index (χ0n) is 12.1. The van der Waals surface area contributed by atoms with Gasteiger partial charge in [0.1, 0.15) is 5.82 Å². The lowest BCUT2D eigenvalue weighted by molar-refractivity contribution is 0.526. The molecule has 1 nitrogen and oxygen atoms in total. The molecule has 0 heterocycles. The molecule has 0 saturated carbocycles. The third-order valence-corrected chi connectivity index (χ3v) is 5.20. The Balaban J connectivity index is 2.33. The number of likely N-dealkylation sites (N-methyl/N-ethyl adjacent to an activating group) is 1. The smallest absolute Gasteiger partial charge is 0.127 e. The fraction of sp³-hybridized carbons (Fsp3) is 0.294. The summed E-state index contributed by atoms with van der Waals surface area (Å²) in [5, 5.41) is 3.88. The van der Waals surface area contributed by atoms with E-state index in [-0.39, 0.29) is 11.9 Å². The van der Waals surface area contributed by atoms with Gasteiger partial charge in [0.05, 0.1) is 0 Å². The molecule has 4 heteroatoms.